The van der Waals surface area contributed by atoms with E-state index in [1.54, 1.807) is 24.3 Å². The quantitative estimate of drug-likeness (QED) is 0.659. The Hall–Kier alpha value is -3.22. The Morgan fingerprint density at radius 3 is 2.57 bits per heavy atom. The van der Waals surface area contributed by atoms with Gasteiger partial charge in [0.1, 0.15) is 5.69 Å². The molecule has 1 aliphatic carbocycles. The molecular weight excluding hydrogens is 380 g/mol. The fourth-order valence-corrected chi connectivity index (χ4v) is 3.51. The SMILES string of the molecule is O=C(NC1CC1)c1ccc(-c2cccc(C(=O)NCCCN3CCCC3=O)n2)cc1. The van der Waals surface area contributed by atoms with Gasteiger partial charge in [0.2, 0.25) is 5.91 Å². The van der Waals surface area contributed by atoms with E-state index in [0.29, 0.717) is 42.5 Å². The van der Waals surface area contributed by atoms with Crippen molar-refractivity contribution in [3.8, 4) is 11.3 Å². The molecule has 2 heterocycles. The van der Waals surface area contributed by atoms with E-state index in [0.717, 1.165) is 37.8 Å². The predicted octanol–water partition coefficient (Wildman–Crippen LogP) is 2.38. The van der Waals surface area contributed by atoms with Crippen LogP contribution in [-0.4, -0.2) is 53.3 Å². The van der Waals surface area contributed by atoms with Crippen molar-refractivity contribution in [1.82, 2.24) is 20.5 Å². The van der Waals surface area contributed by atoms with Gasteiger partial charge in [0, 0.05) is 43.2 Å². The lowest BCUT2D eigenvalue weighted by Crippen LogP contribution is -2.31. The highest BCUT2D eigenvalue weighted by Crippen LogP contribution is 2.21. The van der Waals surface area contributed by atoms with Crippen molar-refractivity contribution < 1.29 is 14.4 Å². The molecule has 0 atom stereocenters. The first kappa shape index (κ1) is 20.1. The first-order chi connectivity index (χ1) is 14.6. The second kappa shape index (κ2) is 9.07. The van der Waals surface area contributed by atoms with Gasteiger partial charge in [0.25, 0.3) is 11.8 Å². The van der Waals surface area contributed by atoms with Crippen LogP contribution in [0.15, 0.2) is 42.5 Å². The van der Waals surface area contributed by atoms with Gasteiger partial charge >= 0.3 is 0 Å². The minimum atomic E-state index is -0.231. The molecule has 1 saturated carbocycles. The van der Waals surface area contributed by atoms with Gasteiger partial charge < -0.3 is 15.5 Å². The number of rotatable bonds is 8. The number of aromatic nitrogens is 1. The zero-order valence-electron chi connectivity index (χ0n) is 16.9. The molecule has 2 fully saturated rings. The van der Waals surface area contributed by atoms with Crippen molar-refractivity contribution in [3.05, 3.63) is 53.7 Å². The lowest BCUT2D eigenvalue weighted by Gasteiger charge is -2.15. The standard InChI is InChI=1S/C23H26N4O3/c28-21-6-2-14-27(21)15-3-13-24-23(30)20-5-1-4-19(26-20)16-7-9-17(10-8-16)22(29)25-18-11-12-18/h1,4-5,7-10,18H,2-3,6,11-15H2,(H,24,30)(H,25,29). The van der Waals surface area contributed by atoms with Crippen LogP contribution in [0.5, 0.6) is 0 Å². The summed E-state index contributed by atoms with van der Waals surface area (Å²) in [5.41, 5.74) is 2.50. The average molecular weight is 406 g/mol. The minimum Gasteiger partial charge on any atom is -0.351 e. The third-order valence-corrected chi connectivity index (χ3v) is 5.40. The predicted molar refractivity (Wildman–Crippen MR) is 113 cm³/mol. The summed E-state index contributed by atoms with van der Waals surface area (Å²) < 4.78 is 0. The van der Waals surface area contributed by atoms with E-state index in [1.807, 2.05) is 23.1 Å². The lowest BCUT2D eigenvalue weighted by atomic mass is 10.1. The summed E-state index contributed by atoms with van der Waals surface area (Å²) in [5, 5.41) is 5.84. The van der Waals surface area contributed by atoms with E-state index in [2.05, 4.69) is 15.6 Å². The topological polar surface area (TPSA) is 91.4 Å². The first-order valence-corrected chi connectivity index (χ1v) is 10.5. The molecule has 2 N–H and O–H groups in total. The number of benzene rings is 1. The van der Waals surface area contributed by atoms with Crippen LogP contribution in [-0.2, 0) is 4.79 Å². The van der Waals surface area contributed by atoms with Crippen LogP contribution in [0.2, 0.25) is 0 Å². The van der Waals surface area contributed by atoms with E-state index in [4.69, 9.17) is 0 Å². The number of carbonyl (C=O) groups is 3. The van der Waals surface area contributed by atoms with Gasteiger partial charge in [-0.05, 0) is 49.9 Å². The number of hydrogen-bond acceptors (Lipinski definition) is 4. The highest BCUT2D eigenvalue weighted by atomic mass is 16.2. The highest BCUT2D eigenvalue weighted by molar-refractivity contribution is 5.95. The lowest BCUT2D eigenvalue weighted by molar-refractivity contribution is -0.127. The maximum Gasteiger partial charge on any atom is 0.269 e. The third-order valence-electron chi connectivity index (χ3n) is 5.40. The molecule has 0 bridgehead atoms. The molecule has 4 rings (SSSR count). The molecule has 2 aliphatic rings. The Balaban J connectivity index is 1.31. The maximum absolute atomic E-state index is 12.4. The molecule has 1 aliphatic heterocycles. The number of hydrogen-bond donors (Lipinski definition) is 2. The second-order valence-corrected chi connectivity index (χ2v) is 7.83. The molecule has 156 valence electrons. The summed E-state index contributed by atoms with van der Waals surface area (Å²) in [6.07, 6.45) is 4.39. The van der Waals surface area contributed by atoms with Crippen molar-refractivity contribution in [2.45, 2.75) is 38.1 Å². The monoisotopic (exact) mass is 406 g/mol. The zero-order chi connectivity index (χ0) is 20.9. The molecule has 2 aromatic rings. The van der Waals surface area contributed by atoms with E-state index in [9.17, 15) is 14.4 Å². The van der Waals surface area contributed by atoms with Crippen LogP contribution in [0.1, 0.15) is 53.0 Å². The summed E-state index contributed by atoms with van der Waals surface area (Å²) in [7, 11) is 0. The molecule has 7 nitrogen and oxygen atoms in total. The van der Waals surface area contributed by atoms with Crippen LogP contribution >= 0.6 is 0 Å². The van der Waals surface area contributed by atoms with Crippen LogP contribution in [0, 0.1) is 0 Å². The van der Waals surface area contributed by atoms with Crippen molar-refractivity contribution in [2.24, 2.45) is 0 Å². The average Bonchev–Trinajstić information content (AvgIpc) is 3.50. The first-order valence-electron chi connectivity index (χ1n) is 10.5. The number of nitrogens with zero attached hydrogens (tertiary/aromatic N) is 2. The second-order valence-electron chi connectivity index (χ2n) is 7.83. The van der Waals surface area contributed by atoms with Crippen molar-refractivity contribution >= 4 is 17.7 Å². The Morgan fingerprint density at radius 1 is 1.07 bits per heavy atom. The van der Waals surface area contributed by atoms with E-state index in [-0.39, 0.29) is 17.7 Å². The minimum absolute atomic E-state index is 0.0548. The third kappa shape index (κ3) is 5.03. The summed E-state index contributed by atoms with van der Waals surface area (Å²) in [6, 6.07) is 12.9. The summed E-state index contributed by atoms with van der Waals surface area (Å²) in [4.78, 5) is 42.5. The fourth-order valence-electron chi connectivity index (χ4n) is 3.51. The van der Waals surface area contributed by atoms with E-state index >= 15 is 0 Å². The van der Waals surface area contributed by atoms with Gasteiger partial charge in [0.05, 0.1) is 5.69 Å². The fraction of sp³-hybridized carbons (Fsp3) is 0.391. The maximum atomic E-state index is 12.4. The van der Waals surface area contributed by atoms with Crippen LogP contribution < -0.4 is 10.6 Å². The Kier molecular flexibility index (Phi) is 6.07. The molecule has 0 unspecified atom stereocenters. The molecule has 1 aromatic heterocycles. The van der Waals surface area contributed by atoms with Crippen molar-refractivity contribution in [2.75, 3.05) is 19.6 Å². The molecule has 1 saturated heterocycles. The Morgan fingerprint density at radius 2 is 1.87 bits per heavy atom. The summed E-state index contributed by atoms with van der Waals surface area (Å²) in [6.45, 7) is 1.99. The van der Waals surface area contributed by atoms with Crippen molar-refractivity contribution in [1.29, 1.82) is 0 Å². The Bertz CT molecular complexity index is 938. The number of nitrogens with one attached hydrogen (secondary N) is 2. The van der Waals surface area contributed by atoms with Gasteiger partial charge in [0.15, 0.2) is 0 Å². The highest BCUT2D eigenvalue weighted by Gasteiger charge is 2.23. The van der Waals surface area contributed by atoms with Crippen LogP contribution in [0.25, 0.3) is 11.3 Å². The zero-order valence-corrected chi connectivity index (χ0v) is 16.9. The molecule has 1 aromatic carbocycles. The molecule has 30 heavy (non-hydrogen) atoms. The molecule has 0 radical (unpaired) electrons. The number of carbonyl (C=O) groups excluding carboxylic acids is 3. The van der Waals surface area contributed by atoms with Crippen LogP contribution in [0.3, 0.4) is 0 Å². The number of pyridine rings is 1. The molecule has 7 heteroatoms. The van der Waals surface area contributed by atoms with Gasteiger partial charge in [-0.1, -0.05) is 18.2 Å². The Labute approximate surface area is 175 Å². The normalized spacial score (nSPS) is 15.9. The summed E-state index contributed by atoms with van der Waals surface area (Å²) >= 11 is 0. The van der Waals surface area contributed by atoms with E-state index < -0.39 is 0 Å². The smallest absolute Gasteiger partial charge is 0.269 e. The van der Waals surface area contributed by atoms with Gasteiger partial charge in [-0.2, -0.15) is 0 Å². The number of likely N-dealkylation sites (tertiary alicyclic amines) is 1. The molecule has 3 amide bonds. The van der Waals surface area contributed by atoms with Gasteiger partial charge in [-0.15, -0.1) is 0 Å². The van der Waals surface area contributed by atoms with Crippen LogP contribution in [0.4, 0.5) is 0 Å². The molecular formula is C23H26N4O3. The largest absolute Gasteiger partial charge is 0.351 e. The molecule has 0 spiro atoms. The van der Waals surface area contributed by atoms with Gasteiger partial charge in [-0.3, -0.25) is 14.4 Å². The van der Waals surface area contributed by atoms with Crippen molar-refractivity contribution in [3.63, 3.8) is 0 Å². The summed E-state index contributed by atoms with van der Waals surface area (Å²) in [5.74, 6) is -0.0856. The van der Waals surface area contributed by atoms with E-state index in [1.165, 1.54) is 0 Å². The number of amides is 3. The van der Waals surface area contributed by atoms with Gasteiger partial charge in [-0.25, -0.2) is 4.98 Å².